The Balaban J connectivity index is 2.98. The van der Waals surface area contributed by atoms with E-state index in [1.54, 1.807) is 0 Å². The van der Waals surface area contributed by atoms with Crippen molar-refractivity contribution < 1.29 is 0 Å². The van der Waals surface area contributed by atoms with Crippen LogP contribution in [-0.2, 0) is 6.54 Å². The van der Waals surface area contributed by atoms with E-state index in [0.29, 0.717) is 12.2 Å². The SMILES string of the molecule is CCCn1nc(C)c(N)c1N(C)CC(C)C#N. The van der Waals surface area contributed by atoms with Crippen LogP contribution in [0.25, 0.3) is 0 Å². The molecule has 1 rings (SSSR count). The Labute approximate surface area is 103 Å². The fourth-order valence-electron chi connectivity index (χ4n) is 1.89. The van der Waals surface area contributed by atoms with E-state index in [-0.39, 0.29) is 5.92 Å². The van der Waals surface area contributed by atoms with Crippen LogP contribution in [-0.4, -0.2) is 23.4 Å². The molecule has 1 aromatic heterocycles. The summed E-state index contributed by atoms with van der Waals surface area (Å²) in [5.41, 5.74) is 7.61. The summed E-state index contributed by atoms with van der Waals surface area (Å²) >= 11 is 0. The minimum absolute atomic E-state index is 0.0234. The molecule has 0 aromatic carbocycles. The van der Waals surface area contributed by atoms with Gasteiger partial charge in [0.25, 0.3) is 0 Å². The number of nitrogen functional groups attached to an aromatic ring is 1. The highest BCUT2D eigenvalue weighted by Crippen LogP contribution is 2.26. The minimum Gasteiger partial charge on any atom is -0.394 e. The number of anilines is 2. The van der Waals surface area contributed by atoms with Crippen molar-refractivity contribution in [3.05, 3.63) is 5.69 Å². The molecule has 0 fully saturated rings. The second-order valence-electron chi connectivity index (χ2n) is 4.46. The monoisotopic (exact) mass is 235 g/mol. The van der Waals surface area contributed by atoms with Crippen molar-refractivity contribution in [2.45, 2.75) is 33.7 Å². The molecule has 1 heterocycles. The summed E-state index contributed by atoms with van der Waals surface area (Å²) < 4.78 is 1.93. The summed E-state index contributed by atoms with van der Waals surface area (Å²) in [6.45, 7) is 7.43. The minimum atomic E-state index is -0.0234. The molecule has 1 aromatic rings. The molecule has 0 aliphatic heterocycles. The Morgan fingerprint density at radius 2 is 2.24 bits per heavy atom. The zero-order valence-corrected chi connectivity index (χ0v) is 11.1. The van der Waals surface area contributed by atoms with Gasteiger partial charge in [-0.25, -0.2) is 4.68 Å². The van der Waals surface area contributed by atoms with E-state index in [1.165, 1.54) is 0 Å². The van der Waals surface area contributed by atoms with Crippen molar-refractivity contribution in [3.8, 4) is 6.07 Å². The van der Waals surface area contributed by atoms with Gasteiger partial charge in [0.1, 0.15) is 5.82 Å². The molecule has 5 heteroatoms. The average molecular weight is 235 g/mol. The maximum absolute atomic E-state index is 8.85. The van der Waals surface area contributed by atoms with Crippen LogP contribution in [0.2, 0.25) is 0 Å². The van der Waals surface area contributed by atoms with Crippen LogP contribution in [0, 0.1) is 24.2 Å². The van der Waals surface area contributed by atoms with Crippen LogP contribution < -0.4 is 10.6 Å². The molecule has 0 spiro atoms. The molecule has 94 valence electrons. The van der Waals surface area contributed by atoms with Gasteiger partial charge in [-0.1, -0.05) is 6.92 Å². The van der Waals surface area contributed by atoms with Gasteiger partial charge >= 0.3 is 0 Å². The summed E-state index contributed by atoms with van der Waals surface area (Å²) in [6, 6.07) is 2.23. The lowest BCUT2D eigenvalue weighted by Crippen LogP contribution is -2.26. The maximum Gasteiger partial charge on any atom is 0.150 e. The molecule has 17 heavy (non-hydrogen) atoms. The lowest BCUT2D eigenvalue weighted by molar-refractivity contribution is 0.584. The Hall–Kier alpha value is -1.70. The average Bonchev–Trinajstić information content (AvgIpc) is 2.55. The Bertz CT molecular complexity index is 415. The standard InChI is InChI=1S/C12H21N5/c1-5-6-17-12(11(14)10(3)15-17)16(4)8-9(2)7-13/h9H,5-6,8,14H2,1-4H3. The largest absolute Gasteiger partial charge is 0.394 e. The van der Waals surface area contributed by atoms with Gasteiger partial charge in [-0.15, -0.1) is 0 Å². The molecule has 1 atom stereocenters. The molecule has 2 N–H and O–H groups in total. The molecule has 1 unspecified atom stereocenters. The number of aryl methyl sites for hydroxylation is 2. The van der Waals surface area contributed by atoms with Crippen LogP contribution in [0.1, 0.15) is 26.0 Å². The third kappa shape index (κ3) is 2.90. The number of rotatable bonds is 5. The quantitative estimate of drug-likeness (QED) is 0.844. The van der Waals surface area contributed by atoms with Gasteiger partial charge in [0.05, 0.1) is 23.4 Å². The molecular formula is C12H21N5. The molecule has 0 radical (unpaired) electrons. The second-order valence-corrected chi connectivity index (χ2v) is 4.46. The molecule has 0 amide bonds. The molecule has 5 nitrogen and oxygen atoms in total. The first-order valence-corrected chi connectivity index (χ1v) is 5.94. The number of nitrogens with zero attached hydrogens (tertiary/aromatic N) is 4. The van der Waals surface area contributed by atoms with E-state index in [4.69, 9.17) is 11.0 Å². The summed E-state index contributed by atoms with van der Waals surface area (Å²) in [5, 5.41) is 13.3. The van der Waals surface area contributed by atoms with Crippen LogP contribution in [0.4, 0.5) is 11.5 Å². The molecular weight excluding hydrogens is 214 g/mol. The number of hydrogen-bond donors (Lipinski definition) is 1. The molecule has 0 aliphatic carbocycles. The lowest BCUT2D eigenvalue weighted by Gasteiger charge is -2.22. The summed E-state index contributed by atoms with van der Waals surface area (Å²) in [7, 11) is 1.95. The predicted molar refractivity (Wildman–Crippen MR) is 69.7 cm³/mol. The van der Waals surface area contributed by atoms with E-state index in [2.05, 4.69) is 18.1 Å². The number of nitrogens with two attached hydrogens (primary N) is 1. The van der Waals surface area contributed by atoms with Gasteiger partial charge in [-0.05, 0) is 20.3 Å². The highest BCUT2D eigenvalue weighted by molar-refractivity contribution is 5.65. The lowest BCUT2D eigenvalue weighted by atomic mass is 10.2. The summed E-state index contributed by atoms with van der Waals surface area (Å²) in [4.78, 5) is 2.01. The van der Waals surface area contributed by atoms with Gasteiger partial charge < -0.3 is 10.6 Å². The molecule has 0 bridgehead atoms. The predicted octanol–water partition coefficient (Wildman–Crippen LogP) is 1.78. The van der Waals surface area contributed by atoms with E-state index in [1.807, 2.05) is 30.5 Å². The third-order valence-electron chi connectivity index (χ3n) is 2.71. The van der Waals surface area contributed by atoms with Crippen molar-refractivity contribution in [2.75, 3.05) is 24.2 Å². The van der Waals surface area contributed by atoms with Crippen molar-refractivity contribution in [3.63, 3.8) is 0 Å². The Morgan fingerprint density at radius 3 is 2.76 bits per heavy atom. The number of hydrogen-bond acceptors (Lipinski definition) is 4. The number of aromatic nitrogens is 2. The Morgan fingerprint density at radius 1 is 1.59 bits per heavy atom. The first kappa shape index (κ1) is 13.4. The van der Waals surface area contributed by atoms with E-state index >= 15 is 0 Å². The maximum atomic E-state index is 8.85. The second kappa shape index (κ2) is 5.58. The van der Waals surface area contributed by atoms with Crippen molar-refractivity contribution >= 4 is 11.5 Å². The smallest absolute Gasteiger partial charge is 0.150 e. The highest BCUT2D eigenvalue weighted by Gasteiger charge is 2.17. The van der Waals surface area contributed by atoms with Gasteiger partial charge in [0.2, 0.25) is 0 Å². The first-order valence-electron chi connectivity index (χ1n) is 5.94. The van der Waals surface area contributed by atoms with Crippen LogP contribution in [0.3, 0.4) is 0 Å². The van der Waals surface area contributed by atoms with Crippen molar-refractivity contribution in [2.24, 2.45) is 5.92 Å². The topological polar surface area (TPSA) is 70.9 Å². The van der Waals surface area contributed by atoms with Gasteiger partial charge in [-0.2, -0.15) is 10.4 Å². The summed E-state index contributed by atoms with van der Waals surface area (Å²) in [5.74, 6) is 0.899. The van der Waals surface area contributed by atoms with Crippen LogP contribution in [0.5, 0.6) is 0 Å². The normalized spacial score (nSPS) is 12.2. The van der Waals surface area contributed by atoms with Crippen LogP contribution in [0.15, 0.2) is 0 Å². The van der Waals surface area contributed by atoms with Gasteiger partial charge in [0.15, 0.2) is 0 Å². The van der Waals surface area contributed by atoms with Crippen molar-refractivity contribution in [1.29, 1.82) is 5.26 Å². The van der Waals surface area contributed by atoms with Crippen molar-refractivity contribution in [1.82, 2.24) is 9.78 Å². The fraction of sp³-hybridized carbons (Fsp3) is 0.667. The fourth-order valence-corrected chi connectivity index (χ4v) is 1.89. The highest BCUT2D eigenvalue weighted by atomic mass is 15.4. The van der Waals surface area contributed by atoms with Crippen LogP contribution >= 0.6 is 0 Å². The molecule has 0 saturated heterocycles. The first-order chi connectivity index (χ1) is 8.01. The molecule has 0 saturated carbocycles. The van der Waals surface area contributed by atoms with Gasteiger partial charge in [0, 0.05) is 20.1 Å². The Kier molecular flexibility index (Phi) is 4.38. The zero-order valence-electron chi connectivity index (χ0n) is 11.1. The third-order valence-corrected chi connectivity index (χ3v) is 2.71. The van der Waals surface area contributed by atoms with E-state index < -0.39 is 0 Å². The zero-order chi connectivity index (χ0) is 13.0. The van der Waals surface area contributed by atoms with E-state index in [0.717, 1.165) is 24.5 Å². The molecule has 0 aliphatic rings. The summed E-state index contributed by atoms with van der Waals surface area (Å²) in [6.07, 6.45) is 1.01. The van der Waals surface area contributed by atoms with E-state index in [9.17, 15) is 0 Å². The number of nitriles is 1. The van der Waals surface area contributed by atoms with Gasteiger partial charge in [-0.3, -0.25) is 0 Å².